The molecule has 23 heavy (non-hydrogen) atoms. The van der Waals surface area contributed by atoms with E-state index in [4.69, 9.17) is 23.2 Å². The first-order valence-corrected chi connectivity index (χ1v) is 8.55. The third-order valence-electron chi connectivity index (χ3n) is 4.32. The molecule has 1 aliphatic carbocycles. The molecule has 0 unspecified atom stereocenters. The molecule has 0 amide bonds. The third-order valence-corrected chi connectivity index (χ3v) is 5.06. The fourth-order valence-electron chi connectivity index (χ4n) is 3.16. The summed E-state index contributed by atoms with van der Waals surface area (Å²) in [5.74, 6) is 0.674. The molecular weight excluding hydrogens is 335 g/mol. The Morgan fingerprint density at radius 1 is 1.13 bits per heavy atom. The van der Waals surface area contributed by atoms with Crippen LogP contribution in [0.3, 0.4) is 0 Å². The molecule has 1 aromatic heterocycles. The Kier molecular flexibility index (Phi) is 4.93. The summed E-state index contributed by atoms with van der Waals surface area (Å²) in [6, 6.07) is 6.48. The van der Waals surface area contributed by atoms with Crippen LogP contribution in [0.5, 0.6) is 5.88 Å². The van der Waals surface area contributed by atoms with Gasteiger partial charge in [0.2, 0.25) is 5.88 Å². The van der Waals surface area contributed by atoms with Crippen molar-refractivity contribution >= 4 is 23.2 Å². The number of hydrogen-bond acceptors (Lipinski definition) is 3. The Labute approximate surface area is 144 Å². The Bertz CT molecular complexity index is 768. The van der Waals surface area contributed by atoms with Gasteiger partial charge in [-0.1, -0.05) is 48.5 Å². The number of hydrogen-bond donors (Lipinski definition) is 1. The molecule has 1 aliphatic rings. The molecule has 6 heteroatoms. The van der Waals surface area contributed by atoms with E-state index < -0.39 is 0 Å². The van der Waals surface area contributed by atoms with Crippen molar-refractivity contribution < 1.29 is 5.11 Å². The summed E-state index contributed by atoms with van der Waals surface area (Å²) in [6.45, 7) is 0.370. The number of rotatable bonds is 3. The maximum absolute atomic E-state index is 12.4. The highest BCUT2D eigenvalue weighted by Crippen LogP contribution is 2.32. The Hall–Kier alpha value is -1.52. The lowest BCUT2D eigenvalue weighted by atomic mass is 9.88. The maximum atomic E-state index is 12.4. The maximum Gasteiger partial charge on any atom is 0.257 e. The molecule has 1 fully saturated rings. The minimum atomic E-state index is -0.246. The molecular formula is C17H18Cl2N2O2. The topological polar surface area (TPSA) is 55.1 Å². The van der Waals surface area contributed by atoms with Gasteiger partial charge in [-0.2, -0.15) is 4.98 Å². The number of benzene rings is 1. The molecule has 3 rings (SSSR count). The average molecular weight is 353 g/mol. The van der Waals surface area contributed by atoms with Gasteiger partial charge in [-0.05, 0) is 30.5 Å². The zero-order valence-electron chi connectivity index (χ0n) is 12.6. The van der Waals surface area contributed by atoms with Crippen molar-refractivity contribution in [3.8, 4) is 5.88 Å². The van der Waals surface area contributed by atoms with Gasteiger partial charge in [0.05, 0.1) is 22.7 Å². The van der Waals surface area contributed by atoms with Gasteiger partial charge < -0.3 is 5.11 Å². The fourth-order valence-corrected chi connectivity index (χ4v) is 3.48. The van der Waals surface area contributed by atoms with Crippen LogP contribution in [0.2, 0.25) is 10.0 Å². The lowest BCUT2D eigenvalue weighted by Gasteiger charge is -2.24. The van der Waals surface area contributed by atoms with Crippen LogP contribution in [0, 0.1) is 0 Å². The summed E-state index contributed by atoms with van der Waals surface area (Å²) >= 11 is 12.0. The van der Waals surface area contributed by atoms with Crippen molar-refractivity contribution in [3.05, 3.63) is 56.1 Å². The van der Waals surface area contributed by atoms with Crippen molar-refractivity contribution in [2.45, 2.75) is 44.6 Å². The number of aromatic hydroxyl groups is 1. The molecule has 1 aromatic carbocycles. The molecule has 0 atom stereocenters. The van der Waals surface area contributed by atoms with Gasteiger partial charge in [-0.15, -0.1) is 0 Å². The second-order valence-corrected chi connectivity index (χ2v) is 6.79. The molecule has 0 radical (unpaired) electrons. The SMILES string of the molecule is O=c1cc(O)nc(C2CCCCC2)n1Cc1ccc(Cl)c(Cl)c1. The third kappa shape index (κ3) is 3.70. The summed E-state index contributed by atoms with van der Waals surface area (Å²) in [5.41, 5.74) is 0.634. The molecule has 4 nitrogen and oxygen atoms in total. The van der Waals surface area contributed by atoms with E-state index >= 15 is 0 Å². The predicted octanol–water partition coefficient (Wildman–Crippen LogP) is 4.35. The lowest BCUT2D eigenvalue weighted by molar-refractivity contribution is 0.392. The van der Waals surface area contributed by atoms with E-state index in [-0.39, 0.29) is 17.4 Å². The van der Waals surface area contributed by atoms with Crippen LogP contribution in [0.1, 0.15) is 49.4 Å². The lowest BCUT2D eigenvalue weighted by Crippen LogP contribution is -2.27. The van der Waals surface area contributed by atoms with E-state index in [0.717, 1.165) is 37.3 Å². The van der Waals surface area contributed by atoms with Crippen LogP contribution in [-0.2, 0) is 6.54 Å². The minimum Gasteiger partial charge on any atom is -0.493 e. The molecule has 0 spiro atoms. The first-order chi connectivity index (χ1) is 11.0. The van der Waals surface area contributed by atoms with Crippen LogP contribution >= 0.6 is 23.2 Å². The first-order valence-electron chi connectivity index (χ1n) is 7.79. The number of halogens is 2. The molecule has 0 bridgehead atoms. The Morgan fingerprint density at radius 2 is 1.87 bits per heavy atom. The summed E-state index contributed by atoms with van der Waals surface area (Å²) < 4.78 is 1.63. The van der Waals surface area contributed by atoms with E-state index in [1.807, 2.05) is 6.07 Å². The van der Waals surface area contributed by atoms with Gasteiger partial charge in [-0.25, -0.2) is 0 Å². The standard InChI is InChI=1S/C17H18Cl2N2O2/c18-13-7-6-11(8-14(13)19)10-21-16(23)9-15(22)20-17(21)12-4-2-1-3-5-12/h6-9,12,22H,1-5,10H2. The molecule has 122 valence electrons. The zero-order valence-corrected chi connectivity index (χ0v) is 14.1. The molecule has 0 aliphatic heterocycles. The second-order valence-electron chi connectivity index (χ2n) is 5.98. The minimum absolute atomic E-state index is 0.207. The van der Waals surface area contributed by atoms with Crippen LogP contribution in [0.4, 0.5) is 0 Å². The molecule has 1 saturated carbocycles. The monoisotopic (exact) mass is 352 g/mol. The van der Waals surface area contributed by atoms with Gasteiger partial charge in [0, 0.05) is 5.92 Å². The highest BCUT2D eigenvalue weighted by atomic mass is 35.5. The summed E-state index contributed by atoms with van der Waals surface area (Å²) in [6.07, 6.45) is 5.47. The first kappa shape index (κ1) is 16.3. The van der Waals surface area contributed by atoms with Crippen molar-refractivity contribution in [2.75, 3.05) is 0 Å². The van der Waals surface area contributed by atoms with E-state index in [9.17, 15) is 9.90 Å². The molecule has 1 heterocycles. The smallest absolute Gasteiger partial charge is 0.257 e. The number of nitrogens with zero attached hydrogens (tertiary/aromatic N) is 2. The van der Waals surface area contributed by atoms with Crippen molar-refractivity contribution in [1.29, 1.82) is 0 Å². The van der Waals surface area contributed by atoms with Crippen LogP contribution in [0.25, 0.3) is 0 Å². The van der Waals surface area contributed by atoms with Gasteiger partial charge >= 0.3 is 0 Å². The van der Waals surface area contributed by atoms with E-state index in [0.29, 0.717) is 22.4 Å². The van der Waals surface area contributed by atoms with Crippen LogP contribution < -0.4 is 5.56 Å². The summed E-state index contributed by atoms with van der Waals surface area (Å²) in [5, 5.41) is 10.7. The second kappa shape index (κ2) is 6.93. The van der Waals surface area contributed by atoms with E-state index in [2.05, 4.69) is 4.98 Å². The van der Waals surface area contributed by atoms with Crippen LogP contribution in [-0.4, -0.2) is 14.7 Å². The normalized spacial score (nSPS) is 15.7. The van der Waals surface area contributed by atoms with Crippen molar-refractivity contribution in [1.82, 2.24) is 9.55 Å². The molecule has 2 aromatic rings. The Balaban J connectivity index is 1.99. The molecule has 1 N–H and O–H groups in total. The largest absolute Gasteiger partial charge is 0.493 e. The fraction of sp³-hybridized carbons (Fsp3) is 0.412. The summed E-state index contributed by atoms with van der Waals surface area (Å²) in [7, 11) is 0. The van der Waals surface area contributed by atoms with Gasteiger partial charge in [-0.3, -0.25) is 9.36 Å². The van der Waals surface area contributed by atoms with Crippen molar-refractivity contribution in [3.63, 3.8) is 0 Å². The van der Waals surface area contributed by atoms with Gasteiger partial charge in [0.1, 0.15) is 5.82 Å². The summed E-state index contributed by atoms with van der Waals surface area (Å²) in [4.78, 5) is 16.6. The Morgan fingerprint density at radius 3 is 2.57 bits per heavy atom. The van der Waals surface area contributed by atoms with Crippen LogP contribution in [0.15, 0.2) is 29.1 Å². The predicted molar refractivity (Wildman–Crippen MR) is 91.6 cm³/mol. The molecule has 0 saturated heterocycles. The highest BCUT2D eigenvalue weighted by Gasteiger charge is 2.22. The highest BCUT2D eigenvalue weighted by molar-refractivity contribution is 6.42. The number of aromatic nitrogens is 2. The van der Waals surface area contributed by atoms with Gasteiger partial charge in [0.25, 0.3) is 5.56 Å². The van der Waals surface area contributed by atoms with Crippen molar-refractivity contribution in [2.24, 2.45) is 0 Å². The zero-order chi connectivity index (χ0) is 16.4. The van der Waals surface area contributed by atoms with Gasteiger partial charge in [0.15, 0.2) is 0 Å². The average Bonchev–Trinajstić information content (AvgIpc) is 2.54. The quantitative estimate of drug-likeness (QED) is 0.892. The van der Waals surface area contributed by atoms with E-state index in [1.165, 1.54) is 6.42 Å². The van der Waals surface area contributed by atoms with E-state index in [1.54, 1.807) is 16.7 Å².